The summed E-state index contributed by atoms with van der Waals surface area (Å²) in [6, 6.07) is 10.8. The van der Waals surface area contributed by atoms with Gasteiger partial charge in [0.2, 0.25) is 10.0 Å². The summed E-state index contributed by atoms with van der Waals surface area (Å²) in [6.45, 7) is 0. The lowest BCUT2D eigenvalue weighted by Crippen LogP contribution is -2.30. The summed E-state index contributed by atoms with van der Waals surface area (Å²) in [5.74, 6) is -2.32. The molecule has 0 atom stereocenters. The summed E-state index contributed by atoms with van der Waals surface area (Å²) in [5, 5.41) is 4.86. The zero-order valence-corrected chi connectivity index (χ0v) is 19.8. The molecule has 182 valence electrons. The minimum Gasteiger partial charge on any atom is -0.268 e. The third-order valence-electron chi connectivity index (χ3n) is 4.89. The van der Waals surface area contributed by atoms with Crippen molar-refractivity contribution in [3.8, 4) is 16.9 Å². The van der Waals surface area contributed by atoms with Gasteiger partial charge in [0.15, 0.2) is 0 Å². The number of carbonyl (C=O) groups is 1. The number of nitrogens with one attached hydrogen (secondary N) is 1. The van der Waals surface area contributed by atoms with Crippen molar-refractivity contribution < 1.29 is 30.8 Å². The van der Waals surface area contributed by atoms with E-state index < -0.39 is 39.1 Å². The number of hydrogen-bond donors (Lipinski definition) is 1. The topological polar surface area (TPSA) is 81.1 Å². The standard InChI is InChI=1S/C22H13Cl2F4N3O3S/c1-35(33,34)30-21(32)14-9-16(24)19(10-17(14)25)31-18-6-5-13(23)8-15(18)20(29-31)11-3-2-4-12(7-11)22(26,27)28/h2-10H,1H3,(H,30,32). The van der Waals surface area contributed by atoms with Crippen molar-refractivity contribution in [2.24, 2.45) is 0 Å². The molecule has 1 aromatic heterocycles. The smallest absolute Gasteiger partial charge is 0.268 e. The second-order valence-corrected chi connectivity index (χ2v) is 10.1. The third kappa shape index (κ3) is 5.12. The Bertz CT molecular complexity index is 1600. The summed E-state index contributed by atoms with van der Waals surface area (Å²) in [5.41, 5.74) is -0.940. The zero-order valence-electron chi connectivity index (χ0n) is 17.5. The highest BCUT2D eigenvalue weighted by Crippen LogP contribution is 2.37. The van der Waals surface area contributed by atoms with Crippen LogP contribution >= 0.6 is 23.2 Å². The Hall–Kier alpha value is -3.15. The Morgan fingerprint density at radius 3 is 2.43 bits per heavy atom. The van der Waals surface area contributed by atoms with Gasteiger partial charge in [0.05, 0.1) is 33.6 Å². The van der Waals surface area contributed by atoms with E-state index in [4.69, 9.17) is 23.2 Å². The monoisotopic (exact) mass is 545 g/mol. The number of fused-ring (bicyclic) bond motifs is 1. The lowest BCUT2D eigenvalue weighted by Gasteiger charge is -2.10. The predicted molar refractivity (Wildman–Crippen MR) is 124 cm³/mol. The van der Waals surface area contributed by atoms with Gasteiger partial charge in [-0.25, -0.2) is 22.2 Å². The fraction of sp³-hybridized carbons (Fsp3) is 0.0909. The molecule has 0 fully saturated rings. The molecule has 35 heavy (non-hydrogen) atoms. The van der Waals surface area contributed by atoms with Gasteiger partial charge in [0.25, 0.3) is 5.91 Å². The Morgan fingerprint density at radius 2 is 1.77 bits per heavy atom. The first-order chi connectivity index (χ1) is 16.2. The number of sulfonamides is 1. The van der Waals surface area contributed by atoms with Crippen molar-refractivity contribution in [2.75, 3.05) is 6.26 Å². The number of rotatable bonds is 4. The fourth-order valence-corrected chi connectivity index (χ4v) is 4.29. The highest BCUT2D eigenvalue weighted by atomic mass is 35.5. The van der Waals surface area contributed by atoms with Gasteiger partial charge in [-0.2, -0.15) is 18.3 Å². The van der Waals surface area contributed by atoms with Crippen LogP contribution < -0.4 is 4.72 Å². The Balaban J connectivity index is 1.91. The van der Waals surface area contributed by atoms with Gasteiger partial charge >= 0.3 is 6.18 Å². The van der Waals surface area contributed by atoms with Crippen molar-refractivity contribution in [1.82, 2.24) is 14.5 Å². The second kappa shape index (κ2) is 8.81. The van der Waals surface area contributed by atoms with Crippen LogP contribution in [0.15, 0.2) is 54.6 Å². The van der Waals surface area contributed by atoms with E-state index in [1.807, 2.05) is 0 Å². The minimum atomic E-state index is -4.58. The van der Waals surface area contributed by atoms with Crippen molar-refractivity contribution >= 4 is 50.0 Å². The molecule has 0 spiro atoms. The van der Waals surface area contributed by atoms with Crippen molar-refractivity contribution in [3.05, 3.63) is 81.6 Å². The van der Waals surface area contributed by atoms with Crippen LogP contribution in [-0.2, 0) is 16.2 Å². The fourth-order valence-electron chi connectivity index (χ4n) is 3.43. The first-order valence-electron chi connectivity index (χ1n) is 9.62. The predicted octanol–water partition coefficient (Wildman–Crippen LogP) is 5.85. The summed E-state index contributed by atoms with van der Waals surface area (Å²) in [6.07, 6.45) is -3.85. The van der Waals surface area contributed by atoms with Crippen LogP contribution in [0.3, 0.4) is 0 Å². The van der Waals surface area contributed by atoms with Crippen LogP contribution in [0.1, 0.15) is 15.9 Å². The van der Waals surface area contributed by atoms with Gasteiger partial charge in [0.1, 0.15) is 11.5 Å². The molecule has 1 N–H and O–H groups in total. The highest BCUT2D eigenvalue weighted by molar-refractivity contribution is 7.89. The number of carbonyl (C=O) groups excluding carboxylic acids is 1. The average Bonchev–Trinajstić information content (AvgIpc) is 3.11. The van der Waals surface area contributed by atoms with Crippen molar-refractivity contribution in [1.29, 1.82) is 0 Å². The molecule has 3 aromatic carbocycles. The van der Waals surface area contributed by atoms with E-state index >= 15 is 0 Å². The van der Waals surface area contributed by atoms with Gasteiger partial charge in [-0.3, -0.25) is 4.79 Å². The molecule has 4 rings (SSSR count). The molecule has 13 heteroatoms. The van der Waals surface area contributed by atoms with Crippen molar-refractivity contribution in [3.63, 3.8) is 0 Å². The molecule has 1 heterocycles. The van der Waals surface area contributed by atoms with E-state index in [9.17, 15) is 30.8 Å². The SMILES string of the molecule is CS(=O)(=O)NC(=O)c1cc(Cl)c(-n2nc(-c3cccc(C(F)(F)F)c3)c3cc(Cl)ccc32)cc1F. The van der Waals surface area contributed by atoms with E-state index in [0.29, 0.717) is 10.9 Å². The maximum atomic E-state index is 14.8. The summed E-state index contributed by atoms with van der Waals surface area (Å²) in [4.78, 5) is 12.1. The maximum Gasteiger partial charge on any atom is 0.416 e. The minimum absolute atomic E-state index is 0.0365. The molecule has 6 nitrogen and oxygen atoms in total. The van der Waals surface area contributed by atoms with Gasteiger partial charge in [-0.15, -0.1) is 0 Å². The van der Waals surface area contributed by atoms with Gasteiger partial charge in [-0.05, 0) is 36.4 Å². The van der Waals surface area contributed by atoms with E-state index in [2.05, 4.69) is 5.10 Å². The number of alkyl halides is 3. The highest BCUT2D eigenvalue weighted by Gasteiger charge is 2.31. The van der Waals surface area contributed by atoms with E-state index in [1.54, 1.807) is 4.72 Å². The summed E-state index contributed by atoms with van der Waals surface area (Å²) < 4.78 is 80.1. The quantitative estimate of drug-likeness (QED) is 0.326. The van der Waals surface area contributed by atoms with Crippen molar-refractivity contribution in [2.45, 2.75) is 6.18 Å². The third-order valence-corrected chi connectivity index (χ3v) is 5.99. The largest absolute Gasteiger partial charge is 0.416 e. The van der Waals surface area contributed by atoms with E-state index in [-0.39, 0.29) is 27.0 Å². The molecular formula is C22H13Cl2F4N3O3S. The van der Waals surface area contributed by atoms with Crippen LogP contribution in [0.4, 0.5) is 17.6 Å². The number of aromatic nitrogens is 2. The molecule has 4 aromatic rings. The normalized spacial score (nSPS) is 12.2. The zero-order chi connectivity index (χ0) is 25.7. The molecule has 0 aliphatic rings. The first kappa shape index (κ1) is 25.0. The average molecular weight is 546 g/mol. The molecule has 0 saturated carbocycles. The van der Waals surface area contributed by atoms with Crippen LogP contribution in [0, 0.1) is 5.82 Å². The lowest BCUT2D eigenvalue weighted by molar-refractivity contribution is -0.137. The maximum absolute atomic E-state index is 14.8. The molecule has 0 radical (unpaired) electrons. The lowest BCUT2D eigenvalue weighted by atomic mass is 10.0. The molecule has 0 aliphatic carbocycles. The van der Waals surface area contributed by atoms with Crippen LogP contribution in [-0.4, -0.2) is 30.4 Å². The second-order valence-electron chi connectivity index (χ2n) is 7.49. The first-order valence-corrected chi connectivity index (χ1v) is 12.3. The van der Waals surface area contributed by atoms with Gasteiger partial charge in [-0.1, -0.05) is 35.3 Å². The molecule has 0 bridgehead atoms. The van der Waals surface area contributed by atoms with Crippen LogP contribution in [0.25, 0.3) is 27.8 Å². The summed E-state index contributed by atoms with van der Waals surface area (Å²) in [7, 11) is -3.96. The number of halogens is 6. The molecule has 0 unspecified atom stereocenters. The van der Waals surface area contributed by atoms with E-state index in [1.165, 1.54) is 35.0 Å². The Morgan fingerprint density at radius 1 is 1.06 bits per heavy atom. The number of nitrogens with zero attached hydrogens (tertiary/aromatic N) is 2. The molecule has 0 saturated heterocycles. The Labute approximate surface area is 206 Å². The number of hydrogen-bond acceptors (Lipinski definition) is 4. The van der Waals surface area contributed by atoms with E-state index in [0.717, 1.165) is 30.5 Å². The number of benzene rings is 3. The molecular weight excluding hydrogens is 533 g/mol. The van der Waals surface area contributed by atoms with Crippen LogP contribution in [0.2, 0.25) is 10.0 Å². The van der Waals surface area contributed by atoms with Crippen LogP contribution in [0.5, 0.6) is 0 Å². The molecule has 0 aliphatic heterocycles. The van der Waals surface area contributed by atoms with Gasteiger partial charge in [0, 0.05) is 22.0 Å². The summed E-state index contributed by atoms with van der Waals surface area (Å²) >= 11 is 12.4. The van der Waals surface area contributed by atoms with Gasteiger partial charge < -0.3 is 0 Å². The number of amides is 1. The Kier molecular flexibility index (Phi) is 6.28. The molecule has 1 amide bonds.